The Bertz CT molecular complexity index is 1290. The van der Waals surface area contributed by atoms with E-state index in [1.54, 1.807) is 6.92 Å². The van der Waals surface area contributed by atoms with Crippen LogP contribution in [0.15, 0.2) is 24.3 Å². The number of amides is 1. The van der Waals surface area contributed by atoms with Gasteiger partial charge >= 0.3 is 30.1 Å². The van der Waals surface area contributed by atoms with Gasteiger partial charge in [-0.05, 0) is 43.2 Å². The average molecular weight is 561 g/mol. The average Bonchev–Trinajstić information content (AvgIpc) is 3.18. The minimum Gasteiger partial charge on any atom is -0.480 e. The lowest BCUT2D eigenvalue weighted by atomic mass is 10.1. The molecule has 0 radical (unpaired) electrons. The molecule has 1 heterocycles. The standard InChI is InChI=1S/C22H19F4N3O8S/c1-9-6-15(20(34)36-13-3-2-10(18(27)28)7-11(13)23)38-14(9)4-5-16(30)29-12(19(32)33)8-17(31)37-21(35)22(24,25)26/h2-3,6-7,12H,4-5,8H2,1H3,(H3,27,28)(H,29,30)(H,32,33)/t12-/m0/s1. The summed E-state index contributed by atoms with van der Waals surface area (Å²) in [7, 11) is 0. The Hall–Kier alpha value is -4.34. The number of nitrogens with two attached hydrogens (primary N) is 1. The molecule has 5 N–H and O–H groups in total. The summed E-state index contributed by atoms with van der Waals surface area (Å²) in [6, 6.07) is 2.80. The number of carboxylic acid groups (broad SMARTS) is 1. The maximum Gasteiger partial charge on any atom is 0.491 e. The first-order valence-electron chi connectivity index (χ1n) is 10.4. The zero-order valence-corrected chi connectivity index (χ0v) is 20.1. The number of carboxylic acids is 1. The molecule has 16 heteroatoms. The highest BCUT2D eigenvalue weighted by Crippen LogP contribution is 2.26. The highest BCUT2D eigenvalue weighted by molar-refractivity contribution is 7.14. The van der Waals surface area contributed by atoms with Crippen LogP contribution in [0.3, 0.4) is 0 Å². The van der Waals surface area contributed by atoms with Crippen molar-refractivity contribution in [3.05, 3.63) is 51.0 Å². The van der Waals surface area contributed by atoms with E-state index in [9.17, 15) is 41.5 Å². The molecule has 1 atom stereocenters. The van der Waals surface area contributed by atoms with Gasteiger partial charge in [0.1, 0.15) is 16.8 Å². The van der Waals surface area contributed by atoms with Crippen LogP contribution in [-0.2, 0) is 30.3 Å². The van der Waals surface area contributed by atoms with Crippen molar-refractivity contribution < 1.29 is 56.1 Å². The molecule has 38 heavy (non-hydrogen) atoms. The van der Waals surface area contributed by atoms with Gasteiger partial charge in [0.05, 0.1) is 6.42 Å². The number of hydrogen-bond donors (Lipinski definition) is 4. The van der Waals surface area contributed by atoms with Gasteiger partial charge in [0.25, 0.3) is 0 Å². The second-order valence-corrected chi connectivity index (χ2v) is 8.72. The van der Waals surface area contributed by atoms with Gasteiger partial charge in [-0.25, -0.2) is 18.8 Å². The van der Waals surface area contributed by atoms with Crippen molar-refractivity contribution in [2.45, 2.75) is 38.4 Å². The van der Waals surface area contributed by atoms with E-state index >= 15 is 0 Å². The minimum atomic E-state index is -5.46. The second kappa shape index (κ2) is 12.3. The third kappa shape index (κ3) is 8.36. The molecule has 0 spiro atoms. The molecule has 204 valence electrons. The molecular formula is C22H19F4N3O8S. The number of hydrogen-bond acceptors (Lipinski definition) is 9. The van der Waals surface area contributed by atoms with Crippen molar-refractivity contribution in [3.63, 3.8) is 0 Å². The molecular weight excluding hydrogens is 542 g/mol. The molecule has 0 saturated carbocycles. The first-order chi connectivity index (χ1) is 17.6. The Labute approximate surface area is 215 Å². The highest BCUT2D eigenvalue weighted by atomic mass is 32.1. The van der Waals surface area contributed by atoms with Crippen LogP contribution in [0.5, 0.6) is 5.75 Å². The Kier molecular flexibility index (Phi) is 9.65. The molecule has 0 unspecified atom stereocenters. The van der Waals surface area contributed by atoms with Crippen LogP contribution in [0.2, 0.25) is 0 Å². The van der Waals surface area contributed by atoms with Crippen LogP contribution in [0.1, 0.15) is 38.5 Å². The van der Waals surface area contributed by atoms with Crippen LogP contribution in [0.4, 0.5) is 17.6 Å². The molecule has 2 aromatic rings. The zero-order chi connectivity index (χ0) is 28.8. The smallest absolute Gasteiger partial charge is 0.480 e. The molecule has 0 fully saturated rings. The molecule has 1 aromatic carbocycles. The number of benzene rings is 1. The van der Waals surface area contributed by atoms with E-state index in [1.807, 2.05) is 5.32 Å². The minimum absolute atomic E-state index is 0.000623. The SMILES string of the molecule is Cc1cc(C(=O)Oc2ccc(C(=N)N)cc2F)sc1CCC(=O)N[C@@H](CC(=O)OC(=O)C(F)(F)F)C(=O)O. The van der Waals surface area contributed by atoms with Crippen LogP contribution >= 0.6 is 11.3 Å². The van der Waals surface area contributed by atoms with Crippen molar-refractivity contribution in [1.29, 1.82) is 5.41 Å². The van der Waals surface area contributed by atoms with Crippen LogP contribution in [0.25, 0.3) is 0 Å². The molecule has 11 nitrogen and oxygen atoms in total. The number of thiophene rings is 1. The van der Waals surface area contributed by atoms with E-state index in [4.69, 9.17) is 21.0 Å². The Morgan fingerprint density at radius 1 is 1.18 bits per heavy atom. The number of aryl methyl sites for hydroxylation is 2. The van der Waals surface area contributed by atoms with E-state index in [1.165, 1.54) is 12.1 Å². The molecule has 0 saturated heterocycles. The third-order valence-electron chi connectivity index (χ3n) is 4.69. The van der Waals surface area contributed by atoms with E-state index < -0.39 is 60.0 Å². The number of halogens is 4. The largest absolute Gasteiger partial charge is 0.491 e. The molecule has 0 aliphatic carbocycles. The molecule has 2 rings (SSSR count). The zero-order valence-electron chi connectivity index (χ0n) is 19.3. The molecule has 0 aliphatic heterocycles. The number of aliphatic carboxylic acids is 1. The van der Waals surface area contributed by atoms with Crippen molar-refractivity contribution in [2.75, 3.05) is 0 Å². The molecule has 1 aromatic heterocycles. The lowest BCUT2D eigenvalue weighted by molar-refractivity contribution is -0.202. The second-order valence-electron chi connectivity index (χ2n) is 7.59. The maximum atomic E-state index is 14.1. The maximum absolute atomic E-state index is 14.1. The number of esters is 3. The first kappa shape index (κ1) is 29.9. The van der Waals surface area contributed by atoms with Gasteiger partial charge in [-0.15, -0.1) is 11.3 Å². The summed E-state index contributed by atoms with van der Waals surface area (Å²) >= 11 is 0.922. The van der Waals surface area contributed by atoms with E-state index in [0.29, 0.717) is 10.4 Å². The number of nitrogen functional groups attached to an aromatic ring is 1. The topological polar surface area (TPSA) is 186 Å². The van der Waals surface area contributed by atoms with Gasteiger partial charge in [0, 0.05) is 16.9 Å². The van der Waals surface area contributed by atoms with Gasteiger partial charge in [-0.1, -0.05) is 0 Å². The van der Waals surface area contributed by atoms with Crippen LogP contribution < -0.4 is 15.8 Å². The number of alkyl halides is 3. The van der Waals surface area contributed by atoms with E-state index in [0.717, 1.165) is 23.5 Å². The highest BCUT2D eigenvalue weighted by Gasteiger charge is 2.43. The van der Waals surface area contributed by atoms with Crippen LogP contribution in [0, 0.1) is 18.2 Å². The van der Waals surface area contributed by atoms with Gasteiger partial charge in [-0.3, -0.25) is 15.0 Å². The Morgan fingerprint density at radius 3 is 2.39 bits per heavy atom. The van der Waals surface area contributed by atoms with Crippen molar-refractivity contribution in [3.8, 4) is 5.75 Å². The fraction of sp³-hybridized carbons (Fsp3) is 0.273. The summed E-state index contributed by atoms with van der Waals surface area (Å²) in [5.74, 6) is -9.87. The van der Waals surface area contributed by atoms with Gasteiger partial charge in [0.2, 0.25) is 5.91 Å². The van der Waals surface area contributed by atoms with Gasteiger partial charge in [0.15, 0.2) is 11.6 Å². The fourth-order valence-electron chi connectivity index (χ4n) is 2.83. The fourth-order valence-corrected chi connectivity index (χ4v) is 3.88. The number of nitrogens with one attached hydrogen (secondary N) is 2. The number of carbonyl (C=O) groups excluding carboxylic acids is 4. The summed E-state index contributed by atoms with van der Waals surface area (Å²) in [5, 5.41) is 18.3. The summed E-state index contributed by atoms with van der Waals surface area (Å²) < 4.78 is 59.2. The molecule has 0 bridgehead atoms. The van der Waals surface area contributed by atoms with E-state index in [-0.39, 0.29) is 29.1 Å². The number of carbonyl (C=O) groups is 5. The summed E-state index contributed by atoms with van der Waals surface area (Å²) in [5.41, 5.74) is 5.92. The number of ether oxygens (including phenoxy) is 2. The molecule has 0 aliphatic rings. The number of amidine groups is 1. The monoisotopic (exact) mass is 561 g/mol. The third-order valence-corrected chi connectivity index (χ3v) is 5.97. The quantitative estimate of drug-likeness (QED) is 0.0843. The van der Waals surface area contributed by atoms with Gasteiger partial charge in [-0.2, -0.15) is 13.2 Å². The Morgan fingerprint density at radius 2 is 1.84 bits per heavy atom. The van der Waals surface area contributed by atoms with Crippen molar-refractivity contribution in [1.82, 2.24) is 5.32 Å². The summed E-state index contributed by atoms with van der Waals surface area (Å²) in [4.78, 5) is 58.6. The van der Waals surface area contributed by atoms with Crippen LogP contribution in [-0.4, -0.2) is 52.9 Å². The Balaban J connectivity index is 1.97. The van der Waals surface area contributed by atoms with Crippen molar-refractivity contribution in [2.24, 2.45) is 5.73 Å². The summed E-state index contributed by atoms with van der Waals surface area (Å²) in [6.45, 7) is 1.61. The predicted octanol–water partition coefficient (Wildman–Crippen LogP) is 2.22. The normalized spacial score (nSPS) is 11.8. The van der Waals surface area contributed by atoms with E-state index in [2.05, 4.69) is 4.74 Å². The summed E-state index contributed by atoms with van der Waals surface area (Å²) in [6.07, 6.45) is -7.03. The lowest BCUT2D eigenvalue weighted by Crippen LogP contribution is -2.43. The van der Waals surface area contributed by atoms with Gasteiger partial charge < -0.3 is 25.6 Å². The lowest BCUT2D eigenvalue weighted by Gasteiger charge is -2.14. The molecule has 1 amide bonds. The predicted molar refractivity (Wildman–Crippen MR) is 121 cm³/mol. The van der Waals surface area contributed by atoms with Crippen molar-refractivity contribution >= 4 is 47.0 Å². The number of rotatable bonds is 10. The first-order valence-corrected chi connectivity index (χ1v) is 11.2.